The summed E-state index contributed by atoms with van der Waals surface area (Å²) in [7, 11) is 0. The van der Waals surface area contributed by atoms with Gasteiger partial charge in [0.2, 0.25) is 0 Å². The lowest BCUT2D eigenvalue weighted by Gasteiger charge is -2.11. The predicted molar refractivity (Wildman–Crippen MR) is 72.2 cm³/mol. The van der Waals surface area contributed by atoms with E-state index in [1.54, 1.807) is 12.3 Å². The molecule has 0 aliphatic rings. The number of hydrogen-bond donors (Lipinski definition) is 2. The van der Waals surface area contributed by atoms with Gasteiger partial charge in [-0.15, -0.1) is 0 Å². The van der Waals surface area contributed by atoms with Gasteiger partial charge in [0, 0.05) is 24.0 Å². The lowest BCUT2D eigenvalue weighted by atomic mass is 10.2. The number of nitrogens with two attached hydrogens (primary N) is 1. The molecule has 2 heterocycles. The lowest BCUT2D eigenvalue weighted by molar-refractivity contribution is 0.967. The molecule has 0 aliphatic carbocycles. The SMILES string of the molecule is Cc1nc(C)c(C)c(NCc2ccc(N)nc2)n1. The first-order valence-corrected chi connectivity index (χ1v) is 5.82. The quantitative estimate of drug-likeness (QED) is 0.862. The van der Waals surface area contributed by atoms with Crippen molar-refractivity contribution in [2.45, 2.75) is 27.3 Å². The average molecular weight is 243 g/mol. The Kier molecular flexibility index (Phi) is 3.41. The topological polar surface area (TPSA) is 76.7 Å². The van der Waals surface area contributed by atoms with Crippen LogP contribution in [0.4, 0.5) is 11.6 Å². The third kappa shape index (κ3) is 2.74. The minimum absolute atomic E-state index is 0.531. The summed E-state index contributed by atoms with van der Waals surface area (Å²) < 4.78 is 0. The minimum Gasteiger partial charge on any atom is -0.384 e. The van der Waals surface area contributed by atoms with Gasteiger partial charge in [0.15, 0.2) is 0 Å². The highest BCUT2D eigenvalue weighted by Gasteiger charge is 2.05. The number of aryl methyl sites for hydroxylation is 2. The van der Waals surface area contributed by atoms with Gasteiger partial charge in [-0.2, -0.15) is 0 Å². The summed E-state index contributed by atoms with van der Waals surface area (Å²) in [4.78, 5) is 12.8. The molecule has 0 saturated carbocycles. The van der Waals surface area contributed by atoms with Crippen molar-refractivity contribution in [3.63, 3.8) is 0 Å². The van der Waals surface area contributed by atoms with Crippen LogP contribution < -0.4 is 11.1 Å². The second-order valence-electron chi connectivity index (χ2n) is 4.27. The molecule has 0 fully saturated rings. The Morgan fingerprint density at radius 1 is 1.17 bits per heavy atom. The zero-order chi connectivity index (χ0) is 13.1. The molecule has 0 bridgehead atoms. The van der Waals surface area contributed by atoms with Gasteiger partial charge in [-0.05, 0) is 32.4 Å². The van der Waals surface area contributed by atoms with Gasteiger partial charge in [0.25, 0.3) is 0 Å². The van der Waals surface area contributed by atoms with Gasteiger partial charge in [-0.1, -0.05) is 6.07 Å². The van der Waals surface area contributed by atoms with E-state index >= 15 is 0 Å². The molecule has 0 radical (unpaired) electrons. The Hall–Kier alpha value is -2.17. The lowest BCUT2D eigenvalue weighted by Crippen LogP contribution is -2.07. The number of nitrogen functional groups attached to an aromatic ring is 1. The van der Waals surface area contributed by atoms with Crippen LogP contribution in [0.5, 0.6) is 0 Å². The number of nitrogens with zero attached hydrogens (tertiary/aromatic N) is 3. The third-order valence-corrected chi connectivity index (χ3v) is 2.81. The molecule has 0 atom stereocenters. The standard InChI is InChI=1S/C13H17N5/c1-8-9(2)17-10(3)18-13(8)16-7-11-4-5-12(14)15-6-11/h4-6H,7H2,1-3H3,(H2,14,15)(H,16,17,18). The van der Waals surface area contributed by atoms with Crippen molar-refractivity contribution in [3.05, 3.63) is 41.0 Å². The minimum atomic E-state index is 0.531. The molecule has 18 heavy (non-hydrogen) atoms. The Labute approximate surface area is 106 Å². The van der Waals surface area contributed by atoms with Crippen LogP contribution in [0.1, 0.15) is 22.6 Å². The van der Waals surface area contributed by atoms with Gasteiger partial charge in [0.1, 0.15) is 17.5 Å². The molecule has 0 unspecified atom stereocenters. The highest BCUT2D eigenvalue weighted by atomic mass is 15.0. The number of hydrogen-bond acceptors (Lipinski definition) is 5. The first-order valence-electron chi connectivity index (χ1n) is 5.82. The number of nitrogens with one attached hydrogen (secondary N) is 1. The van der Waals surface area contributed by atoms with Gasteiger partial charge in [-0.3, -0.25) is 0 Å². The van der Waals surface area contributed by atoms with E-state index in [2.05, 4.69) is 20.3 Å². The molecule has 0 aliphatic heterocycles. The molecule has 0 aromatic carbocycles. The van der Waals surface area contributed by atoms with Crippen LogP contribution in [0.15, 0.2) is 18.3 Å². The first-order chi connectivity index (χ1) is 8.56. The highest BCUT2D eigenvalue weighted by molar-refractivity contribution is 5.46. The molecule has 5 nitrogen and oxygen atoms in total. The summed E-state index contributed by atoms with van der Waals surface area (Å²) >= 11 is 0. The summed E-state index contributed by atoms with van der Waals surface area (Å²) in [5.41, 5.74) is 8.69. The van der Waals surface area contributed by atoms with Crippen molar-refractivity contribution < 1.29 is 0 Å². The Balaban J connectivity index is 2.13. The molecule has 5 heteroatoms. The first kappa shape index (κ1) is 12.3. The van der Waals surface area contributed by atoms with E-state index < -0.39 is 0 Å². The molecular formula is C13H17N5. The fourth-order valence-corrected chi connectivity index (χ4v) is 1.67. The van der Waals surface area contributed by atoms with Crippen LogP contribution in [0.25, 0.3) is 0 Å². The monoisotopic (exact) mass is 243 g/mol. The Morgan fingerprint density at radius 2 is 1.94 bits per heavy atom. The van der Waals surface area contributed by atoms with Crippen LogP contribution in [-0.4, -0.2) is 15.0 Å². The molecule has 0 spiro atoms. The van der Waals surface area contributed by atoms with E-state index in [-0.39, 0.29) is 0 Å². The maximum Gasteiger partial charge on any atom is 0.133 e. The maximum atomic E-state index is 5.55. The molecule has 0 saturated heterocycles. The van der Waals surface area contributed by atoms with Crippen molar-refractivity contribution in [2.24, 2.45) is 0 Å². The van der Waals surface area contributed by atoms with Crippen LogP contribution in [0.3, 0.4) is 0 Å². The molecule has 2 aromatic heterocycles. The molecular weight excluding hydrogens is 226 g/mol. The molecule has 2 aromatic rings. The fourth-order valence-electron chi connectivity index (χ4n) is 1.67. The Bertz CT molecular complexity index is 548. The fraction of sp³-hybridized carbons (Fsp3) is 0.308. The third-order valence-electron chi connectivity index (χ3n) is 2.81. The predicted octanol–water partition coefficient (Wildman–Crippen LogP) is 1.99. The number of pyridine rings is 1. The molecule has 2 rings (SSSR count). The summed E-state index contributed by atoms with van der Waals surface area (Å²) in [5, 5.41) is 3.30. The van der Waals surface area contributed by atoms with E-state index in [0.717, 1.165) is 28.5 Å². The number of rotatable bonds is 3. The molecule has 94 valence electrons. The van der Waals surface area contributed by atoms with E-state index in [4.69, 9.17) is 5.73 Å². The van der Waals surface area contributed by atoms with Crippen LogP contribution >= 0.6 is 0 Å². The summed E-state index contributed by atoms with van der Waals surface area (Å²) in [6.07, 6.45) is 1.76. The second kappa shape index (κ2) is 5.00. The largest absolute Gasteiger partial charge is 0.384 e. The van der Waals surface area contributed by atoms with E-state index in [0.29, 0.717) is 12.4 Å². The normalized spacial score (nSPS) is 10.4. The van der Waals surface area contributed by atoms with E-state index in [9.17, 15) is 0 Å². The summed E-state index contributed by atoms with van der Waals surface area (Å²) in [5.74, 6) is 2.18. The summed E-state index contributed by atoms with van der Waals surface area (Å²) in [6.45, 7) is 6.56. The van der Waals surface area contributed by atoms with E-state index in [1.165, 1.54) is 0 Å². The Morgan fingerprint density at radius 3 is 2.61 bits per heavy atom. The molecule has 3 N–H and O–H groups in total. The van der Waals surface area contributed by atoms with Crippen molar-refractivity contribution >= 4 is 11.6 Å². The average Bonchev–Trinajstić information content (AvgIpc) is 2.34. The second-order valence-corrected chi connectivity index (χ2v) is 4.27. The highest BCUT2D eigenvalue weighted by Crippen LogP contribution is 2.15. The van der Waals surface area contributed by atoms with Crippen LogP contribution in [-0.2, 0) is 6.54 Å². The van der Waals surface area contributed by atoms with Crippen LogP contribution in [0, 0.1) is 20.8 Å². The smallest absolute Gasteiger partial charge is 0.133 e. The van der Waals surface area contributed by atoms with Gasteiger partial charge in [0.05, 0.1) is 0 Å². The zero-order valence-corrected chi connectivity index (χ0v) is 10.9. The van der Waals surface area contributed by atoms with Crippen LogP contribution in [0.2, 0.25) is 0 Å². The van der Waals surface area contributed by atoms with E-state index in [1.807, 2.05) is 26.8 Å². The zero-order valence-electron chi connectivity index (χ0n) is 10.9. The van der Waals surface area contributed by atoms with Crippen molar-refractivity contribution in [2.75, 3.05) is 11.1 Å². The number of anilines is 2. The van der Waals surface area contributed by atoms with Gasteiger partial charge in [-0.25, -0.2) is 15.0 Å². The van der Waals surface area contributed by atoms with Crippen molar-refractivity contribution in [3.8, 4) is 0 Å². The van der Waals surface area contributed by atoms with Gasteiger partial charge < -0.3 is 11.1 Å². The van der Waals surface area contributed by atoms with Crippen molar-refractivity contribution in [1.82, 2.24) is 15.0 Å². The summed E-state index contributed by atoms with van der Waals surface area (Å²) in [6, 6.07) is 3.74. The molecule has 0 amide bonds. The maximum absolute atomic E-state index is 5.55. The van der Waals surface area contributed by atoms with Gasteiger partial charge >= 0.3 is 0 Å². The van der Waals surface area contributed by atoms with Crippen molar-refractivity contribution in [1.29, 1.82) is 0 Å². The number of aromatic nitrogens is 3.